The Labute approximate surface area is 172 Å². The van der Waals surface area contributed by atoms with E-state index in [1.807, 2.05) is 0 Å². The van der Waals surface area contributed by atoms with Crippen LogP contribution >= 0.6 is 11.3 Å². The van der Waals surface area contributed by atoms with Crippen LogP contribution in [0.1, 0.15) is 6.42 Å². The van der Waals surface area contributed by atoms with Crippen molar-refractivity contribution in [2.24, 2.45) is 0 Å². The lowest BCUT2D eigenvalue weighted by Gasteiger charge is -2.04. The van der Waals surface area contributed by atoms with Gasteiger partial charge in [0, 0.05) is 17.4 Å². The van der Waals surface area contributed by atoms with Gasteiger partial charge in [-0.2, -0.15) is 8.78 Å². The summed E-state index contributed by atoms with van der Waals surface area (Å²) in [6.45, 7) is -2.79. The summed E-state index contributed by atoms with van der Waals surface area (Å²) < 4.78 is 34.8. The summed E-state index contributed by atoms with van der Waals surface area (Å²) in [4.78, 5) is 26.7. The second-order valence-corrected chi connectivity index (χ2v) is 6.64. The molecule has 0 aliphatic rings. The molecule has 0 fully saturated rings. The fraction of sp³-hybridized carbons (Fsp3) is 0.235. The van der Waals surface area contributed by atoms with Crippen LogP contribution in [-0.4, -0.2) is 39.3 Å². The molecule has 0 unspecified atom stereocenters. The van der Waals surface area contributed by atoms with Gasteiger partial charge in [0.25, 0.3) is 0 Å². The summed E-state index contributed by atoms with van der Waals surface area (Å²) in [6, 6.07) is 5.96. The number of aryl methyl sites for hydroxylation is 1. The van der Waals surface area contributed by atoms with Gasteiger partial charge in [-0.15, -0.1) is 16.4 Å². The van der Waals surface area contributed by atoms with E-state index in [-0.39, 0.29) is 36.2 Å². The monoisotopic (exact) mass is 439 g/mol. The number of halogens is 2. The van der Waals surface area contributed by atoms with E-state index in [1.54, 1.807) is 17.5 Å². The quantitative estimate of drug-likeness (QED) is 0.400. The van der Waals surface area contributed by atoms with Crippen LogP contribution in [0.3, 0.4) is 0 Å². The van der Waals surface area contributed by atoms with E-state index in [4.69, 9.17) is 4.74 Å². The maximum absolute atomic E-state index is 12.2. The number of amides is 1. The Bertz CT molecular complexity index is 1040. The third-order valence-corrected chi connectivity index (χ3v) is 4.55. The maximum Gasteiger partial charge on any atom is 0.387 e. The van der Waals surface area contributed by atoms with Crippen molar-refractivity contribution in [1.82, 2.24) is 14.8 Å². The second kappa shape index (κ2) is 9.26. The van der Waals surface area contributed by atoms with Crippen molar-refractivity contribution < 1.29 is 28.0 Å². The normalized spacial score (nSPS) is 10.8. The van der Waals surface area contributed by atoms with Crippen LogP contribution < -0.4 is 14.8 Å². The average Bonchev–Trinajstić information content (AvgIpc) is 3.33. The van der Waals surface area contributed by atoms with Crippen molar-refractivity contribution in [3.63, 3.8) is 0 Å². The van der Waals surface area contributed by atoms with Gasteiger partial charge in [0.05, 0.1) is 24.3 Å². The minimum atomic E-state index is -2.90. The number of benzene rings is 1. The zero-order chi connectivity index (χ0) is 21.7. The van der Waals surface area contributed by atoms with Crippen molar-refractivity contribution in [3.8, 4) is 22.9 Å². The second-order valence-electron chi connectivity index (χ2n) is 5.78. The molecule has 0 saturated heterocycles. The number of methoxy groups -OCH3 is 1. The first-order valence-corrected chi connectivity index (χ1v) is 9.30. The van der Waals surface area contributed by atoms with Crippen LogP contribution in [0.5, 0.6) is 11.6 Å². The molecule has 13 heteroatoms. The summed E-state index contributed by atoms with van der Waals surface area (Å²) in [5.41, 5.74) is 0.947. The van der Waals surface area contributed by atoms with E-state index in [0.717, 1.165) is 0 Å². The standard InChI is InChI=1S/C17H15F2N5O5S/c1-28-15-13(24(26)27)8-23(22-15)7-6-14(25)21-17-20-12(9-30-17)10-2-4-11(5-3-10)29-16(18)19/h2-5,8-9,16H,6-7H2,1H3,(H,20,21,25). The highest BCUT2D eigenvalue weighted by atomic mass is 32.1. The molecular weight excluding hydrogens is 424 g/mol. The molecule has 0 aliphatic heterocycles. The van der Waals surface area contributed by atoms with E-state index in [2.05, 4.69) is 20.1 Å². The maximum atomic E-state index is 12.2. The summed E-state index contributed by atoms with van der Waals surface area (Å²) in [5, 5.41) is 19.5. The van der Waals surface area contributed by atoms with E-state index < -0.39 is 11.5 Å². The van der Waals surface area contributed by atoms with Gasteiger partial charge in [-0.25, -0.2) is 4.98 Å². The summed E-state index contributed by atoms with van der Waals surface area (Å²) >= 11 is 1.20. The largest absolute Gasteiger partial charge is 0.475 e. The summed E-state index contributed by atoms with van der Waals surface area (Å²) in [6.07, 6.45) is 1.20. The zero-order valence-corrected chi connectivity index (χ0v) is 16.3. The number of nitrogens with zero attached hydrogens (tertiary/aromatic N) is 4. The van der Waals surface area contributed by atoms with Gasteiger partial charge in [-0.1, -0.05) is 0 Å². The van der Waals surface area contributed by atoms with Gasteiger partial charge in [0.15, 0.2) is 5.13 Å². The molecule has 2 aromatic heterocycles. The number of carbonyl (C=O) groups excluding carboxylic acids is 1. The number of anilines is 1. The van der Waals surface area contributed by atoms with Gasteiger partial charge >= 0.3 is 18.2 Å². The number of aromatic nitrogens is 3. The van der Waals surface area contributed by atoms with Crippen LogP contribution in [0.25, 0.3) is 11.3 Å². The predicted molar refractivity (Wildman–Crippen MR) is 103 cm³/mol. The number of ether oxygens (including phenoxy) is 2. The van der Waals surface area contributed by atoms with Crippen LogP contribution in [0, 0.1) is 10.1 Å². The smallest absolute Gasteiger partial charge is 0.387 e. The molecule has 1 N–H and O–H groups in total. The van der Waals surface area contributed by atoms with E-state index in [1.165, 1.54) is 41.5 Å². The Kier molecular flexibility index (Phi) is 6.51. The topological polar surface area (TPSA) is 121 Å². The third kappa shape index (κ3) is 5.26. The van der Waals surface area contributed by atoms with Crippen molar-refractivity contribution >= 4 is 28.1 Å². The lowest BCUT2D eigenvalue weighted by molar-refractivity contribution is -0.385. The molecule has 2 heterocycles. The fourth-order valence-corrected chi connectivity index (χ4v) is 3.18. The van der Waals surface area contributed by atoms with E-state index >= 15 is 0 Å². The van der Waals surface area contributed by atoms with Crippen LogP contribution in [0.4, 0.5) is 19.6 Å². The van der Waals surface area contributed by atoms with Gasteiger partial charge in [0.2, 0.25) is 5.91 Å². The average molecular weight is 439 g/mol. The predicted octanol–water partition coefficient (Wildman–Crippen LogP) is 3.55. The van der Waals surface area contributed by atoms with Crippen molar-refractivity contribution in [2.45, 2.75) is 19.6 Å². The molecule has 0 aliphatic carbocycles. The number of thiazole rings is 1. The highest BCUT2D eigenvalue weighted by molar-refractivity contribution is 7.14. The lowest BCUT2D eigenvalue weighted by Crippen LogP contribution is -2.14. The number of carbonyl (C=O) groups is 1. The molecule has 3 rings (SSSR count). The molecule has 1 aromatic carbocycles. The number of hydrogen-bond donors (Lipinski definition) is 1. The molecule has 158 valence electrons. The number of nitro groups is 1. The number of nitrogens with one attached hydrogen (secondary N) is 1. The zero-order valence-electron chi connectivity index (χ0n) is 15.4. The van der Waals surface area contributed by atoms with Crippen LogP contribution in [-0.2, 0) is 11.3 Å². The Hall–Kier alpha value is -3.61. The minimum Gasteiger partial charge on any atom is -0.475 e. The van der Waals surface area contributed by atoms with Gasteiger partial charge in [-0.3, -0.25) is 19.6 Å². The molecule has 0 saturated carbocycles. The number of alkyl halides is 2. The van der Waals surface area contributed by atoms with Crippen molar-refractivity contribution in [3.05, 3.63) is 46.0 Å². The highest BCUT2D eigenvalue weighted by Gasteiger charge is 2.20. The molecular formula is C17H15F2N5O5S. The molecule has 0 bridgehead atoms. The first kappa shape index (κ1) is 21.1. The Balaban J connectivity index is 1.57. The Morgan fingerprint density at radius 1 is 1.37 bits per heavy atom. The van der Waals surface area contributed by atoms with Crippen molar-refractivity contribution in [1.29, 1.82) is 0 Å². The first-order chi connectivity index (χ1) is 14.4. The number of hydrogen-bond acceptors (Lipinski definition) is 8. The molecule has 10 nitrogen and oxygen atoms in total. The highest BCUT2D eigenvalue weighted by Crippen LogP contribution is 2.27. The first-order valence-electron chi connectivity index (χ1n) is 8.42. The molecule has 0 spiro atoms. The van der Waals surface area contributed by atoms with Crippen LogP contribution in [0.2, 0.25) is 0 Å². The van der Waals surface area contributed by atoms with Gasteiger partial charge < -0.3 is 14.8 Å². The summed E-state index contributed by atoms with van der Waals surface area (Å²) in [7, 11) is 1.27. The minimum absolute atomic E-state index is 0.0105. The van der Waals surface area contributed by atoms with Gasteiger partial charge in [0.1, 0.15) is 11.9 Å². The SMILES string of the molecule is COc1nn(CCC(=O)Nc2nc(-c3ccc(OC(F)F)cc3)cs2)cc1[N+](=O)[O-]. The van der Waals surface area contributed by atoms with Crippen LogP contribution in [0.15, 0.2) is 35.8 Å². The summed E-state index contributed by atoms with van der Waals surface area (Å²) in [5.74, 6) is -0.448. The Morgan fingerprint density at radius 3 is 2.70 bits per heavy atom. The Morgan fingerprint density at radius 2 is 2.10 bits per heavy atom. The lowest BCUT2D eigenvalue weighted by atomic mass is 10.2. The molecule has 3 aromatic rings. The molecule has 0 atom stereocenters. The fourth-order valence-electron chi connectivity index (χ4n) is 2.45. The number of rotatable bonds is 9. The molecule has 0 radical (unpaired) electrons. The molecule has 30 heavy (non-hydrogen) atoms. The van der Waals surface area contributed by atoms with Gasteiger partial charge in [-0.05, 0) is 24.3 Å². The third-order valence-electron chi connectivity index (χ3n) is 3.79. The molecule has 1 amide bonds. The van der Waals surface area contributed by atoms with Crippen molar-refractivity contribution in [2.75, 3.05) is 12.4 Å². The van der Waals surface area contributed by atoms with E-state index in [0.29, 0.717) is 16.4 Å². The van der Waals surface area contributed by atoms with E-state index in [9.17, 15) is 23.7 Å².